The summed E-state index contributed by atoms with van der Waals surface area (Å²) in [6.07, 6.45) is 1.83. The van der Waals surface area contributed by atoms with Crippen LogP contribution in [0.3, 0.4) is 0 Å². The summed E-state index contributed by atoms with van der Waals surface area (Å²) >= 11 is 1.46. The summed E-state index contributed by atoms with van der Waals surface area (Å²) in [6.45, 7) is 1.26. The smallest absolute Gasteiger partial charge is 0.243 e. The van der Waals surface area contributed by atoms with Gasteiger partial charge >= 0.3 is 0 Å². The van der Waals surface area contributed by atoms with Crippen molar-refractivity contribution in [2.24, 2.45) is 5.73 Å². The van der Waals surface area contributed by atoms with Crippen LogP contribution in [0.4, 0.5) is 8.78 Å². The highest BCUT2D eigenvalue weighted by Crippen LogP contribution is 2.21. The Kier molecular flexibility index (Phi) is 5.72. The van der Waals surface area contributed by atoms with Gasteiger partial charge in [0.05, 0.1) is 0 Å². The van der Waals surface area contributed by atoms with Crippen LogP contribution in [0.5, 0.6) is 0 Å². The Morgan fingerprint density at radius 1 is 1.42 bits per heavy atom. The van der Waals surface area contributed by atoms with Crippen LogP contribution in [-0.2, 0) is 16.6 Å². The molecule has 0 aliphatic heterocycles. The van der Waals surface area contributed by atoms with Gasteiger partial charge in [-0.1, -0.05) is 0 Å². The van der Waals surface area contributed by atoms with Crippen molar-refractivity contribution >= 4 is 21.8 Å². The molecule has 0 radical (unpaired) electrons. The quantitative estimate of drug-likeness (QED) is 0.834. The average molecular weight is 310 g/mol. The van der Waals surface area contributed by atoms with E-state index in [9.17, 15) is 17.2 Å². The molecule has 1 aromatic carbocycles. The fourth-order valence-electron chi connectivity index (χ4n) is 1.58. The first-order valence-corrected chi connectivity index (χ1v) is 8.39. The van der Waals surface area contributed by atoms with Crippen molar-refractivity contribution in [1.29, 1.82) is 0 Å². The van der Waals surface area contributed by atoms with E-state index in [2.05, 4.69) is 4.72 Å². The highest BCUT2D eigenvalue weighted by molar-refractivity contribution is 7.98. The molecule has 0 aliphatic carbocycles. The van der Waals surface area contributed by atoms with Gasteiger partial charge in [-0.3, -0.25) is 0 Å². The maximum Gasteiger partial charge on any atom is 0.243 e. The molecule has 0 aliphatic rings. The lowest BCUT2D eigenvalue weighted by Gasteiger charge is -2.14. The molecule has 0 amide bonds. The van der Waals surface area contributed by atoms with Gasteiger partial charge in [-0.15, -0.1) is 0 Å². The molecule has 1 aromatic rings. The molecule has 108 valence electrons. The monoisotopic (exact) mass is 310 g/mol. The molecule has 1 rings (SSSR count). The van der Waals surface area contributed by atoms with E-state index in [-0.39, 0.29) is 6.04 Å². The second kappa shape index (κ2) is 6.65. The van der Waals surface area contributed by atoms with Crippen LogP contribution in [0.15, 0.2) is 17.0 Å². The SMILES string of the molecule is CSCC(C)NS(=O)(=O)c1ccc(F)c(CN)c1F. The number of rotatable bonds is 6. The molecule has 0 bridgehead atoms. The van der Waals surface area contributed by atoms with Crippen molar-refractivity contribution < 1.29 is 17.2 Å². The third kappa shape index (κ3) is 3.88. The van der Waals surface area contributed by atoms with Gasteiger partial charge in [0.25, 0.3) is 0 Å². The Morgan fingerprint density at radius 3 is 2.58 bits per heavy atom. The molecule has 0 spiro atoms. The fourth-order valence-corrected chi connectivity index (χ4v) is 3.62. The lowest BCUT2D eigenvalue weighted by molar-refractivity contribution is 0.523. The fraction of sp³-hybridized carbons (Fsp3) is 0.455. The van der Waals surface area contributed by atoms with Crippen molar-refractivity contribution in [2.75, 3.05) is 12.0 Å². The molecular weight excluding hydrogens is 294 g/mol. The van der Waals surface area contributed by atoms with Gasteiger partial charge in [-0.25, -0.2) is 21.9 Å². The Labute approximate surface area is 115 Å². The Morgan fingerprint density at radius 2 is 2.05 bits per heavy atom. The molecule has 1 unspecified atom stereocenters. The van der Waals surface area contributed by atoms with E-state index in [4.69, 9.17) is 5.73 Å². The highest BCUT2D eigenvalue weighted by atomic mass is 32.2. The molecule has 19 heavy (non-hydrogen) atoms. The number of hydrogen-bond donors (Lipinski definition) is 2. The maximum atomic E-state index is 13.9. The topological polar surface area (TPSA) is 72.2 Å². The summed E-state index contributed by atoms with van der Waals surface area (Å²) in [6, 6.07) is 1.45. The minimum atomic E-state index is -4.02. The summed E-state index contributed by atoms with van der Waals surface area (Å²) in [4.78, 5) is -0.581. The second-order valence-electron chi connectivity index (χ2n) is 4.02. The number of thioether (sulfide) groups is 1. The molecular formula is C11H16F2N2O2S2. The number of sulfonamides is 1. The van der Waals surface area contributed by atoms with Gasteiger partial charge in [0.2, 0.25) is 10.0 Å². The van der Waals surface area contributed by atoms with Crippen LogP contribution in [0.1, 0.15) is 12.5 Å². The van der Waals surface area contributed by atoms with E-state index in [1.807, 2.05) is 6.26 Å². The number of hydrogen-bond acceptors (Lipinski definition) is 4. The van der Waals surface area contributed by atoms with Gasteiger partial charge in [-0.2, -0.15) is 11.8 Å². The van der Waals surface area contributed by atoms with E-state index in [1.165, 1.54) is 11.8 Å². The number of benzene rings is 1. The zero-order chi connectivity index (χ0) is 14.6. The predicted octanol–water partition coefficient (Wildman–Crippen LogP) is 1.45. The molecule has 0 saturated heterocycles. The summed E-state index contributed by atoms with van der Waals surface area (Å²) < 4.78 is 53.5. The molecule has 0 heterocycles. The molecule has 1 atom stereocenters. The second-order valence-corrected chi connectivity index (χ2v) is 6.61. The van der Waals surface area contributed by atoms with Crippen LogP contribution in [0.2, 0.25) is 0 Å². The van der Waals surface area contributed by atoms with Crippen LogP contribution >= 0.6 is 11.8 Å². The number of nitrogens with two attached hydrogens (primary N) is 1. The van der Waals surface area contributed by atoms with Crippen molar-refractivity contribution in [1.82, 2.24) is 4.72 Å². The normalized spacial score (nSPS) is 13.5. The van der Waals surface area contributed by atoms with Crippen molar-refractivity contribution in [3.8, 4) is 0 Å². The average Bonchev–Trinajstić information content (AvgIpc) is 2.28. The lowest BCUT2D eigenvalue weighted by atomic mass is 10.2. The Balaban J connectivity index is 3.15. The van der Waals surface area contributed by atoms with Crippen molar-refractivity contribution in [2.45, 2.75) is 24.4 Å². The van der Waals surface area contributed by atoms with Crippen molar-refractivity contribution in [3.05, 3.63) is 29.3 Å². The Bertz CT molecular complexity index is 550. The number of halogens is 2. The third-order valence-corrected chi connectivity index (χ3v) is 4.86. The predicted molar refractivity (Wildman–Crippen MR) is 72.4 cm³/mol. The molecule has 0 saturated carbocycles. The first kappa shape index (κ1) is 16.4. The van der Waals surface area contributed by atoms with Gasteiger partial charge in [-0.05, 0) is 25.3 Å². The highest BCUT2D eigenvalue weighted by Gasteiger charge is 2.24. The summed E-state index contributed by atoms with van der Waals surface area (Å²) in [5.74, 6) is -1.44. The standard InChI is InChI=1S/C11H16F2N2O2S2/c1-7(6-18-2)15-19(16,17)10-4-3-9(12)8(5-14)11(10)13/h3-4,7,15H,5-6,14H2,1-2H3. The van der Waals surface area contributed by atoms with Gasteiger partial charge in [0.1, 0.15) is 10.7 Å². The van der Waals surface area contributed by atoms with E-state index < -0.39 is 38.7 Å². The van der Waals surface area contributed by atoms with E-state index >= 15 is 0 Å². The Hall–Kier alpha value is -0.700. The zero-order valence-electron chi connectivity index (χ0n) is 10.6. The first-order valence-electron chi connectivity index (χ1n) is 5.51. The van der Waals surface area contributed by atoms with Gasteiger partial charge in [0, 0.05) is 23.9 Å². The largest absolute Gasteiger partial charge is 0.326 e. The maximum absolute atomic E-state index is 13.9. The first-order chi connectivity index (χ1) is 8.83. The summed E-state index contributed by atoms with van der Waals surface area (Å²) in [5.41, 5.74) is 4.78. The zero-order valence-corrected chi connectivity index (χ0v) is 12.2. The summed E-state index contributed by atoms with van der Waals surface area (Å²) in [5, 5.41) is 0. The van der Waals surface area contributed by atoms with Crippen LogP contribution < -0.4 is 10.5 Å². The molecule has 8 heteroatoms. The van der Waals surface area contributed by atoms with E-state index in [0.29, 0.717) is 5.75 Å². The van der Waals surface area contributed by atoms with Crippen LogP contribution in [0.25, 0.3) is 0 Å². The van der Waals surface area contributed by atoms with E-state index in [0.717, 1.165) is 12.1 Å². The van der Waals surface area contributed by atoms with E-state index in [1.54, 1.807) is 6.92 Å². The molecule has 0 aromatic heterocycles. The third-order valence-electron chi connectivity index (χ3n) is 2.42. The lowest BCUT2D eigenvalue weighted by Crippen LogP contribution is -2.35. The molecule has 0 fully saturated rings. The van der Waals surface area contributed by atoms with Crippen LogP contribution in [-0.4, -0.2) is 26.5 Å². The minimum absolute atomic E-state index is 0.356. The van der Waals surface area contributed by atoms with Gasteiger partial charge < -0.3 is 5.73 Å². The van der Waals surface area contributed by atoms with Gasteiger partial charge in [0.15, 0.2) is 5.82 Å². The summed E-state index contributed by atoms with van der Waals surface area (Å²) in [7, 11) is -4.02. The van der Waals surface area contributed by atoms with Crippen molar-refractivity contribution in [3.63, 3.8) is 0 Å². The molecule has 4 nitrogen and oxygen atoms in total. The minimum Gasteiger partial charge on any atom is -0.326 e. The molecule has 3 N–H and O–H groups in total. The van der Waals surface area contributed by atoms with Crippen LogP contribution in [0, 0.1) is 11.6 Å². The number of nitrogens with one attached hydrogen (secondary N) is 1.